The highest BCUT2D eigenvalue weighted by Gasteiger charge is 2.33. The zero-order valence-corrected chi connectivity index (χ0v) is 15.1. The van der Waals surface area contributed by atoms with Gasteiger partial charge in [0.25, 0.3) is 0 Å². The Hall–Kier alpha value is -2.29. The second-order valence-corrected chi connectivity index (χ2v) is 6.78. The molecule has 0 aliphatic carbocycles. The maximum atomic E-state index is 12.6. The van der Waals surface area contributed by atoms with E-state index in [1.165, 1.54) is 5.69 Å². The van der Waals surface area contributed by atoms with Crippen LogP contribution in [0.1, 0.15) is 10.7 Å². The predicted molar refractivity (Wildman–Crippen MR) is 97.5 cm³/mol. The smallest absolute Gasteiger partial charge is 0.368 e. The van der Waals surface area contributed by atoms with E-state index in [0.29, 0.717) is 11.0 Å². The van der Waals surface area contributed by atoms with Crippen LogP contribution in [0.3, 0.4) is 0 Å². The minimum absolute atomic E-state index is 0.228. The lowest BCUT2D eigenvalue weighted by Gasteiger charge is -2.37. The minimum Gasteiger partial charge on any atom is -0.368 e. The molecule has 1 saturated heterocycles. The van der Waals surface area contributed by atoms with Gasteiger partial charge in [0.1, 0.15) is 5.01 Å². The molecule has 140 valence electrons. The molecule has 0 unspecified atom stereocenters. The van der Waals surface area contributed by atoms with Gasteiger partial charge >= 0.3 is 6.18 Å². The van der Waals surface area contributed by atoms with Gasteiger partial charge < -0.3 is 15.1 Å². The van der Waals surface area contributed by atoms with Crippen LogP contribution in [-0.2, 0) is 12.7 Å². The van der Waals surface area contributed by atoms with E-state index in [9.17, 15) is 13.2 Å². The highest BCUT2D eigenvalue weighted by atomic mass is 32.1. The fourth-order valence-electron chi connectivity index (χ4n) is 2.82. The van der Waals surface area contributed by atoms with Crippen molar-refractivity contribution in [1.29, 1.82) is 0 Å². The largest absolute Gasteiger partial charge is 0.434 e. The quantitative estimate of drug-likeness (QED) is 0.654. The third-order valence-electron chi connectivity index (χ3n) is 4.15. The number of hydrogen-bond acceptors (Lipinski definition) is 4. The highest BCUT2D eigenvalue weighted by Crippen LogP contribution is 2.29. The van der Waals surface area contributed by atoms with Crippen LogP contribution in [-0.4, -0.2) is 49.1 Å². The number of anilines is 1. The van der Waals surface area contributed by atoms with Gasteiger partial charge in [0, 0.05) is 44.3 Å². The summed E-state index contributed by atoms with van der Waals surface area (Å²) in [7, 11) is 1.68. The van der Waals surface area contributed by atoms with Gasteiger partial charge in [-0.15, -0.1) is 11.3 Å². The van der Waals surface area contributed by atoms with Crippen LogP contribution < -0.4 is 10.2 Å². The SMILES string of the molecule is CN=C(NCc1nc(C(F)(F)F)cs1)N1CCN(c2ccccc2)CC1. The molecule has 5 nitrogen and oxygen atoms in total. The fraction of sp³-hybridized carbons (Fsp3) is 0.412. The first-order valence-corrected chi connectivity index (χ1v) is 9.12. The van der Waals surface area contributed by atoms with Crippen LogP contribution in [0.25, 0.3) is 0 Å². The molecular formula is C17H20F3N5S. The number of guanidine groups is 1. The third kappa shape index (κ3) is 4.46. The monoisotopic (exact) mass is 383 g/mol. The molecule has 1 aromatic carbocycles. The van der Waals surface area contributed by atoms with E-state index in [-0.39, 0.29) is 6.54 Å². The van der Waals surface area contributed by atoms with Crippen molar-refractivity contribution in [3.05, 3.63) is 46.4 Å². The Kier molecular flexibility index (Phi) is 5.65. The van der Waals surface area contributed by atoms with Crippen molar-refractivity contribution in [2.75, 3.05) is 38.1 Å². The van der Waals surface area contributed by atoms with Gasteiger partial charge in [0.2, 0.25) is 0 Å². The molecule has 0 saturated carbocycles. The van der Waals surface area contributed by atoms with Crippen molar-refractivity contribution >= 4 is 23.0 Å². The molecule has 2 aromatic rings. The molecule has 0 amide bonds. The molecule has 1 fully saturated rings. The average molecular weight is 383 g/mol. The van der Waals surface area contributed by atoms with Crippen molar-refractivity contribution < 1.29 is 13.2 Å². The van der Waals surface area contributed by atoms with Gasteiger partial charge in [0.05, 0.1) is 6.54 Å². The zero-order chi connectivity index (χ0) is 18.6. The van der Waals surface area contributed by atoms with Gasteiger partial charge in [-0.05, 0) is 12.1 Å². The highest BCUT2D eigenvalue weighted by molar-refractivity contribution is 7.09. The number of piperazine rings is 1. The summed E-state index contributed by atoms with van der Waals surface area (Å²) in [4.78, 5) is 12.3. The molecule has 0 radical (unpaired) electrons. The molecule has 1 aromatic heterocycles. The first-order chi connectivity index (χ1) is 12.5. The number of nitrogens with zero attached hydrogens (tertiary/aromatic N) is 4. The van der Waals surface area contributed by atoms with Crippen LogP contribution in [0.2, 0.25) is 0 Å². The first-order valence-electron chi connectivity index (χ1n) is 8.24. The Morgan fingerprint density at radius 1 is 1.19 bits per heavy atom. The van der Waals surface area contributed by atoms with Gasteiger partial charge in [-0.3, -0.25) is 4.99 Å². The van der Waals surface area contributed by atoms with Crippen LogP contribution in [0, 0.1) is 0 Å². The van der Waals surface area contributed by atoms with E-state index in [0.717, 1.165) is 42.9 Å². The summed E-state index contributed by atoms with van der Waals surface area (Å²) in [5.41, 5.74) is 0.350. The number of nitrogens with one attached hydrogen (secondary N) is 1. The zero-order valence-electron chi connectivity index (χ0n) is 14.3. The minimum atomic E-state index is -4.40. The van der Waals surface area contributed by atoms with E-state index in [1.807, 2.05) is 18.2 Å². The van der Waals surface area contributed by atoms with E-state index >= 15 is 0 Å². The molecule has 0 bridgehead atoms. The number of rotatable bonds is 3. The van der Waals surface area contributed by atoms with Crippen LogP contribution in [0.4, 0.5) is 18.9 Å². The number of para-hydroxylation sites is 1. The average Bonchev–Trinajstić information content (AvgIpc) is 3.13. The Morgan fingerprint density at radius 3 is 2.46 bits per heavy atom. The van der Waals surface area contributed by atoms with Crippen LogP contribution in [0.15, 0.2) is 40.7 Å². The van der Waals surface area contributed by atoms with Crippen molar-refractivity contribution in [2.45, 2.75) is 12.7 Å². The van der Waals surface area contributed by atoms with E-state index in [2.05, 4.69) is 37.2 Å². The van der Waals surface area contributed by atoms with Crippen molar-refractivity contribution in [3.8, 4) is 0 Å². The standard InChI is InChI=1S/C17H20F3N5S/c1-21-16(22-11-15-23-14(12-26-15)17(18,19)20)25-9-7-24(8-10-25)13-5-3-2-4-6-13/h2-6,12H,7-11H2,1H3,(H,21,22). The van der Waals surface area contributed by atoms with E-state index in [4.69, 9.17) is 0 Å². The molecule has 2 heterocycles. The topological polar surface area (TPSA) is 43.8 Å². The number of hydrogen-bond donors (Lipinski definition) is 1. The van der Waals surface area contributed by atoms with Crippen LogP contribution >= 0.6 is 11.3 Å². The predicted octanol–water partition coefficient (Wildman–Crippen LogP) is 3.06. The summed E-state index contributed by atoms with van der Waals surface area (Å²) in [6.07, 6.45) is -4.40. The Bertz CT molecular complexity index is 736. The summed E-state index contributed by atoms with van der Waals surface area (Å²) < 4.78 is 37.9. The molecule has 0 spiro atoms. The van der Waals surface area contributed by atoms with Gasteiger partial charge in [-0.25, -0.2) is 4.98 Å². The number of aromatic nitrogens is 1. The summed E-state index contributed by atoms with van der Waals surface area (Å²) in [5.74, 6) is 0.682. The Morgan fingerprint density at radius 2 is 1.88 bits per heavy atom. The van der Waals surface area contributed by atoms with Crippen LogP contribution in [0.5, 0.6) is 0 Å². The maximum Gasteiger partial charge on any atom is 0.434 e. The second-order valence-electron chi connectivity index (χ2n) is 5.83. The molecule has 1 N–H and O–H groups in total. The molecule has 1 aliphatic heterocycles. The first kappa shape index (κ1) is 18.5. The van der Waals surface area contributed by atoms with Gasteiger partial charge in [-0.1, -0.05) is 18.2 Å². The molecule has 3 rings (SSSR count). The fourth-order valence-corrected chi connectivity index (χ4v) is 3.57. The Labute approximate surface area is 154 Å². The van der Waals surface area contributed by atoms with Crippen molar-refractivity contribution in [1.82, 2.24) is 15.2 Å². The molecular weight excluding hydrogens is 363 g/mol. The summed E-state index contributed by atoms with van der Waals surface area (Å²) in [6, 6.07) is 10.2. The van der Waals surface area contributed by atoms with Crippen molar-refractivity contribution in [3.63, 3.8) is 0 Å². The Balaban J connectivity index is 1.53. The number of aliphatic imine (C=N–C) groups is 1. The second kappa shape index (κ2) is 7.94. The summed E-state index contributed by atoms with van der Waals surface area (Å²) >= 11 is 0.998. The number of thiazole rings is 1. The molecule has 1 aliphatic rings. The molecule has 26 heavy (non-hydrogen) atoms. The van der Waals surface area contributed by atoms with Crippen molar-refractivity contribution in [2.24, 2.45) is 4.99 Å². The lowest BCUT2D eigenvalue weighted by molar-refractivity contribution is -0.140. The van der Waals surface area contributed by atoms with E-state index in [1.54, 1.807) is 7.05 Å². The van der Waals surface area contributed by atoms with E-state index < -0.39 is 11.9 Å². The lowest BCUT2D eigenvalue weighted by atomic mass is 10.2. The molecule has 9 heteroatoms. The summed E-state index contributed by atoms with van der Waals surface area (Å²) in [6.45, 7) is 3.53. The maximum absolute atomic E-state index is 12.6. The molecule has 0 atom stereocenters. The van der Waals surface area contributed by atoms with Gasteiger partial charge in [-0.2, -0.15) is 13.2 Å². The number of benzene rings is 1. The van der Waals surface area contributed by atoms with Gasteiger partial charge in [0.15, 0.2) is 11.7 Å². The number of alkyl halides is 3. The summed E-state index contributed by atoms with van der Waals surface area (Å²) in [5, 5.41) is 4.54. The number of halogens is 3. The normalized spacial score (nSPS) is 16.1. The lowest BCUT2D eigenvalue weighted by Crippen LogP contribution is -2.52. The third-order valence-corrected chi connectivity index (χ3v) is 5.00.